The maximum atomic E-state index is 5.81. The monoisotopic (exact) mass is 315 g/mol. The Morgan fingerprint density at radius 3 is 2.17 bits per heavy atom. The van der Waals surface area contributed by atoms with E-state index in [-0.39, 0.29) is 6.04 Å². The minimum atomic E-state index is 0.141. The molecule has 0 fully saturated rings. The van der Waals surface area contributed by atoms with E-state index >= 15 is 0 Å². The molecule has 0 aliphatic carbocycles. The summed E-state index contributed by atoms with van der Waals surface area (Å²) in [7, 11) is 0. The number of rotatable bonds is 2. The van der Waals surface area contributed by atoms with Crippen molar-refractivity contribution in [2.45, 2.75) is 13.0 Å². The maximum absolute atomic E-state index is 5.81. The molecule has 0 saturated carbocycles. The fraction of sp³-hybridized carbons (Fsp3) is 0.0952. The molecule has 3 aromatic carbocycles. The van der Waals surface area contributed by atoms with Gasteiger partial charge in [-0.05, 0) is 30.2 Å². The number of nitrogens with zero attached hydrogens (tertiary/aromatic N) is 1. The Bertz CT molecular complexity index is 853. The van der Waals surface area contributed by atoms with Crippen molar-refractivity contribution < 1.29 is 0 Å². The van der Waals surface area contributed by atoms with Crippen molar-refractivity contribution in [1.82, 2.24) is 0 Å². The third-order valence-corrected chi connectivity index (χ3v) is 4.81. The lowest BCUT2D eigenvalue weighted by molar-refractivity contribution is 0.875. The van der Waals surface area contributed by atoms with Crippen LogP contribution in [0.1, 0.15) is 28.3 Å². The molecule has 0 aromatic heterocycles. The van der Waals surface area contributed by atoms with E-state index in [2.05, 4.69) is 90.7 Å². The first-order chi connectivity index (χ1) is 11.3. The van der Waals surface area contributed by atoms with E-state index in [0.29, 0.717) is 0 Å². The van der Waals surface area contributed by atoms with Crippen LogP contribution in [0.4, 0.5) is 5.69 Å². The van der Waals surface area contributed by atoms with Crippen LogP contribution in [-0.4, -0.2) is 4.99 Å². The zero-order valence-corrected chi connectivity index (χ0v) is 13.8. The van der Waals surface area contributed by atoms with Crippen molar-refractivity contribution >= 4 is 22.9 Å². The van der Waals surface area contributed by atoms with Crippen molar-refractivity contribution in [1.29, 1.82) is 0 Å². The highest BCUT2D eigenvalue weighted by Gasteiger charge is 2.35. The van der Waals surface area contributed by atoms with E-state index in [1.54, 1.807) is 0 Å². The molecule has 23 heavy (non-hydrogen) atoms. The average Bonchev–Trinajstić information content (AvgIpc) is 2.90. The lowest BCUT2D eigenvalue weighted by Gasteiger charge is -2.27. The molecule has 1 nitrogen and oxygen atoms in total. The van der Waals surface area contributed by atoms with Gasteiger partial charge >= 0.3 is 0 Å². The molecule has 4 rings (SSSR count). The Morgan fingerprint density at radius 2 is 1.43 bits per heavy atom. The highest BCUT2D eigenvalue weighted by atomic mass is 32.1. The normalized spacial score (nSPS) is 16.5. The summed E-state index contributed by atoms with van der Waals surface area (Å²) in [6, 6.07) is 27.8. The number of benzene rings is 3. The van der Waals surface area contributed by atoms with Gasteiger partial charge in [-0.3, -0.25) is 0 Å². The van der Waals surface area contributed by atoms with Crippen molar-refractivity contribution in [2.24, 2.45) is 0 Å². The van der Waals surface area contributed by atoms with Crippen LogP contribution in [0.3, 0.4) is 0 Å². The van der Waals surface area contributed by atoms with E-state index in [1.807, 2.05) is 0 Å². The van der Waals surface area contributed by atoms with Gasteiger partial charge in [-0.15, -0.1) is 0 Å². The summed E-state index contributed by atoms with van der Waals surface area (Å²) >= 11 is 5.81. The van der Waals surface area contributed by atoms with Gasteiger partial charge in [0, 0.05) is 11.3 Å². The highest BCUT2D eigenvalue weighted by molar-refractivity contribution is 7.81. The smallest absolute Gasteiger partial charge is 0.114 e. The number of hydrogen-bond acceptors (Lipinski definition) is 1. The highest BCUT2D eigenvalue weighted by Crippen LogP contribution is 2.41. The fourth-order valence-corrected chi connectivity index (χ4v) is 3.65. The average molecular weight is 315 g/mol. The Labute approximate surface area is 142 Å². The summed E-state index contributed by atoms with van der Waals surface area (Å²) in [6.45, 7) is 2.11. The summed E-state index contributed by atoms with van der Waals surface area (Å²) in [5.41, 5.74) is 6.11. The number of hydrogen-bond donors (Lipinski definition) is 0. The largest absolute Gasteiger partial charge is 0.320 e. The van der Waals surface area contributed by atoms with Gasteiger partial charge in [-0.2, -0.15) is 0 Å². The van der Waals surface area contributed by atoms with E-state index in [0.717, 1.165) is 16.2 Å². The van der Waals surface area contributed by atoms with Gasteiger partial charge < -0.3 is 4.90 Å². The minimum Gasteiger partial charge on any atom is -0.320 e. The first-order valence-corrected chi connectivity index (χ1v) is 8.20. The first kappa shape index (κ1) is 14.2. The van der Waals surface area contributed by atoms with Gasteiger partial charge in [-0.1, -0.05) is 84.5 Å². The van der Waals surface area contributed by atoms with Crippen molar-refractivity contribution in [3.63, 3.8) is 0 Å². The number of anilines is 1. The van der Waals surface area contributed by atoms with Crippen LogP contribution in [0.15, 0.2) is 78.9 Å². The van der Waals surface area contributed by atoms with Crippen LogP contribution in [-0.2, 0) is 0 Å². The van der Waals surface area contributed by atoms with Crippen LogP contribution < -0.4 is 4.90 Å². The number of aryl methyl sites for hydroxylation is 1. The van der Waals surface area contributed by atoms with Gasteiger partial charge in [0.1, 0.15) is 4.99 Å². The molecule has 0 bridgehead atoms. The van der Waals surface area contributed by atoms with Gasteiger partial charge in [0.15, 0.2) is 0 Å². The fourth-order valence-electron chi connectivity index (χ4n) is 3.25. The van der Waals surface area contributed by atoms with Crippen LogP contribution >= 0.6 is 12.2 Å². The third-order valence-electron chi connectivity index (χ3n) is 4.39. The minimum absolute atomic E-state index is 0.141. The van der Waals surface area contributed by atoms with Crippen LogP contribution in [0.25, 0.3) is 0 Å². The Balaban J connectivity index is 1.90. The van der Waals surface area contributed by atoms with Crippen LogP contribution in [0.5, 0.6) is 0 Å². The number of fused-ring (bicyclic) bond motifs is 1. The number of thiocarbonyl (C=S) groups is 1. The summed E-state index contributed by atoms with van der Waals surface area (Å²) in [5.74, 6) is 0. The van der Waals surface area contributed by atoms with Gasteiger partial charge in [-0.25, -0.2) is 0 Å². The molecule has 0 amide bonds. The van der Waals surface area contributed by atoms with Crippen LogP contribution in [0, 0.1) is 6.92 Å². The molecule has 0 saturated heterocycles. The molecule has 1 aliphatic heterocycles. The molecule has 0 N–H and O–H groups in total. The molecule has 1 aliphatic rings. The van der Waals surface area contributed by atoms with Crippen LogP contribution in [0.2, 0.25) is 0 Å². The van der Waals surface area contributed by atoms with E-state index < -0.39 is 0 Å². The molecule has 112 valence electrons. The third kappa shape index (κ3) is 2.36. The topological polar surface area (TPSA) is 3.24 Å². The maximum Gasteiger partial charge on any atom is 0.114 e. The van der Waals surface area contributed by atoms with E-state index in [1.165, 1.54) is 16.7 Å². The molecule has 1 atom stereocenters. The molecule has 2 heteroatoms. The van der Waals surface area contributed by atoms with Crippen molar-refractivity contribution in [3.8, 4) is 0 Å². The summed E-state index contributed by atoms with van der Waals surface area (Å²) < 4.78 is 0. The Hall–Kier alpha value is -2.45. The summed E-state index contributed by atoms with van der Waals surface area (Å²) in [6.07, 6.45) is 0. The molecular formula is C21H17NS. The standard InChI is InChI=1S/C21H17NS/c1-15-11-13-17(14-12-15)22-20(16-7-3-2-4-8-16)18-9-5-6-10-19(18)21(22)23/h2-14,20H,1H3. The zero-order chi connectivity index (χ0) is 15.8. The van der Waals surface area contributed by atoms with E-state index in [4.69, 9.17) is 12.2 Å². The molecule has 1 unspecified atom stereocenters. The lowest BCUT2D eigenvalue weighted by atomic mass is 9.98. The molecule has 1 heterocycles. The predicted octanol–water partition coefficient (Wildman–Crippen LogP) is 5.28. The first-order valence-electron chi connectivity index (χ1n) is 7.80. The second kappa shape index (κ2) is 5.64. The van der Waals surface area contributed by atoms with E-state index in [9.17, 15) is 0 Å². The molecular weight excluding hydrogens is 298 g/mol. The Kier molecular flexibility index (Phi) is 3.47. The van der Waals surface area contributed by atoms with Crippen molar-refractivity contribution in [3.05, 3.63) is 101 Å². The summed E-state index contributed by atoms with van der Waals surface area (Å²) in [4.78, 5) is 3.17. The predicted molar refractivity (Wildman–Crippen MR) is 100 cm³/mol. The van der Waals surface area contributed by atoms with Gasteiger partial charge in [0.2, 0.25) is 0 Å². The molecule has 0 radical (unpaired) electrons. The second-order valence-electron chi connectivity index (χ2n) is 5.91. The quantitative estimate of drug-likeness (QED) is 0.592. The van der Waals surface area contributed by atoms with Gasteiger partial charge in [0.25, 0.3) is 0 Å². The summed E-state index contributed by atoms with van der Waals surface area (Å²) in [5, 5.41) is 0. The molecule has 0 spiro atoms. The molecule has 3 aromatic rings. The SMILES string of the molecule is Cc1ccc(N2C(=S)c3ccccc3C2c2ccccc2)cc1. The zero-order valence-electron chi connectivity index (χ0n) is 12.9. The Morgan fingerprint density at radius 1 is 0.783 bits per heavy atom. The second-order valence-corrected chi connectivity index (χ2v) is 6.30. The lowest BCUT2D eigenvalue weighted by Crippen LogP contribution is -2.27. The van der Waals surface area contributed by atoms with Gasteiger partial charge in [0.05, 0.1) is 6.04 Å². The van der Waals surface area contributed by atoms with Crippen molar-refractivity contribution in [2.75, 3.05) is 4.90 Å².